The van der Waals surface area contributed by atoms with Crippen LogP contribution in [0.1, 0.15) is 69.2 Å². The van der Waals surface area contributed by atoms with E-state index >= 15 is 0 Å². The van der Waals surface area contributed by atoms with Gasteiger partial charge in [-0.2, -0.15) is 0 Å². The Balaban J connectivity index is 2.00. The second-order valence-corrected chi connectivity index (χ2v) is 8.36. The third kappa shape index (κ3) is 4.19. The molecule has 3 N–H and O–H groups in total. The smallest absolute Gasteiger partial charge is 0.306 e. The van der Waals surface area contributed by atoms with Crippen LogP contribution in [0.4, 0.5) is 4.39 Å². The highest BCUT2D eigenvalue weighted by molar-refractivity contribution is 5.98. The van der Waals surface area contributed by atoms with Crippen molar-refractivity contribution in [2.75, 3.05) is 7.11 Å². The summed E-state index contributed by atoms with van der Waals surface area (Å²) in [4.78, 5) is 28.8. The fourth-order valence-electron chi connectivity index (χ4n) is 4.44. The molecule has 0 fully saturated rings. The quantitative estimate of drug-likeness (QED) is 0.354. The van der Waals surface area contributed by atoms with E-state index in [2.05, 4.69) is 4.98 Å². The number of carbonyl (C=O) groups excluding carboxylic acids is 2. The summed E-state index contributed by atoms with van der Waals surface area (Å²) in [5, 5.41) is 33.1. The van der Waals surface area contributed by atoms with Gasteiger partial charge in [0.15, 0.2) is 5.78 Å². The Labute approximate surface area is 200 Å². The standard InChI is InChI=1S/C26H24FNO7/c1-12-23(31)21-14(10-28-12)11-35-26(21)18-8-16(13(2)29)24(32)22(25(18)33)17(9-20(30)34-3)15-6-4-5-7-19(15)27/h4-8,10,17,26,31-33H,9,11H2,1-3H3. The number of Topliss-reactive ketones (excluding diaryl/α,β-unsaturated/α-hetero) is 1. The molecule has 35 heavy (non-hydrogen) atoms. The minimum Gasteiger partial charge on any atom is -0.507 e. The fourth-order valence-corrected chi connectivity index (χ4v) is 4.44. The van der Waals surface area contributed by atoms with Crippen molar-refractivity contribution in [3.8, 4) is 17.2 Å². The number of halogens is 1. The van der Waals surface area contributed by atoms with E-state index in [-0.39, 0.29) is 34.6 Å². The summed E-state index contributed by atoms with van der Waals surface area (Å²) in [6.45, 7) is 2.93. The van der Waals surface area contributed by atoms with Gasteiger partial charge < -0.3 is 24.8 Å². The maximum Gasteiger partial charge on any atom is 0.306 e. The van der Waals surface area contributed by atoms with Crippen LogP contribution >= 0.6 is 0 Å². The number of aromatic hydroxyl groups is 3. The Morgan fingerprint density at radius 1 is 1.20 bits per heavy atom. The number of carbonyl (C=O) groups is 2. The Hall–Kier alpha value is -3.98. The van der Waals surface area contributed by atoms with Gasteiger partial charge in [-0.25, -0.2) is 4.39 Å². The number of hydrogen-bond donors (Lipinski definition) is 3. The maximum absolute atomic E-state index is 14.9. The highest BCUT2D eigenvalue weighted by Crippen LogP contribution is 2.50. The second-order valence-electron chi connectivity index (χ2n) is 8.36. The van der Waals surface area contributed by atoms with Crippen LogP contribution in [0, 0.1) is 12.7 Å². The van der Waals surface area contributed by atoms with Crippen molar-refractivity contribution in [2.45, 2.75) is 38.9 Å². The topological polar surface area (TPSA) is 126 Å². The molecule has 1 aliphatic rings. The number of phenols is 2. The van der Waals surface area contributed by atoms with Gasteiger partial charge in [-0.15, -0.1) is 0 Å². The van der Waals surface area contributed by atoms with E-state index in [1.165, 1.54) is 38.3 Å². The van der Waals surface area contributed by atoms with Crippen molar-refractivity contribution < 1.29 is 38.8 Å². The number of ketones is 1. The number of methoxy groups -OCH3 is 1. The average Bonchev–Trinajstić information content (AvgIpc) is 3.25. The molecule has 0 amide bonds. The predicted molar refractivity (Wildman–Crippen MR) is 122 cm³/mol. The lowest BCUT2D eigenvalue weighted by Crippen LogP contribution is -2.14. The number of pyridine rings is 1. The van der Waals surface area contributed by atoms with E-state index in [9.17, 15) is 29.3 Å². The van der Waals surface area contributed by atoms with Crippen molar-refractivity contribution in [2.24, 2.45) is 0 Å². The average molecular weight is 481 g/mol. The molecule has 9 heteroatoms. The Morgan fingerprint density at radius 3 is 2.57 bits per heavy atom. The minimum atomic E-state index is -1.18. The summed E-state index contributed by atoms with van der Waals surface area (Å²) in [7, 11) is 1.17. The summed E-state index contributed by atoms with van der Waals surface area (Å²) in [5.41, 5.74) is 1.04. The number of ether oxygens (including phenoxy) is 2. The minimum absolute atomic E-state index is 0.0192. The molecule has 0 saturated carbocycles. The number of esters is 1. The molecule has 0 bridgehead atoms. The molecule has 2 heterocycles. The monoisotopic (exact) mass is 481 g/mol. The zero-order valence-corrected chi connectivity index (χ0v) is 19.3. The summed E-state index contributed by atoms with van der Waals surface area (Å²) in [6.07, 6.45) is 0.132. The van der Waals surface area contributed by atoms with Gasteiger partial charge in [-0.05, 0) is 31.5 Å². The number of aryl methyl sites for hydroxylation is 1. The number of nitrogens with zero attached hydrogens (tertiary/aromatic N) is 1. The lowest BCUT2D eigenvalue weighted by atomic mass is 9.82. The summed E-state index contributed by atoms with van der Waals surface area (Å²) in [5.74, 6) is -4.28. The van der Waals surface area contributed by atoms with Crippen molar-refractivity contribution >= 4 is 11.8 Å². The Kier molecular flexibility index (Phi) is 6.45. The van der Waals surface area contributed by atoms with Crippen LogP contribution in [-0.4, -0.2) is 39.2 Å². The van der Waals surface area contributed by atoms with Gasteiger partial charge in [-0.1, -0.05) is 18.2 Å². The first-order chi connectivity index (χ1) is 16.6. The van der Waals surface area contributed by atoms with E-state index in [1.807, 2.05) is 0 Å². The van der Waals surface area contributed by atoms with E-state index in [0.29, 0.717) is 16.8 Å². The van der Waals surface area contributed by atoms with Gasteiger partial charge in [0.25, 0.3) is 0 Å². The molecule has 0 spiro atoms. The first-order valence-corrected chi connectivity index (χ1v) is 10.9. The van der Waals surface area contributed by atoms with Gasteiger partial charge in [0.05, 0.1) is 31.4 Å². The molecule has 0 radical (unpaired) electrons. The van der Waals surface area contributed by atoms with E-state index in [0.717, 1.165) is 0 Å². The molecule has 182 valence electrons. The van der Waals surface area contributed by atoms with Crippen LogP contribution in [0.25, 0.3) is 0 Å². The molecular weight excluding hydrogens is 457 g/mol. The number of hydrogen-bond acceptors (Lipinski definition) is 8. The molecule has 1 aliphatic heterocycles. The van der Waals surface area contributed by atoms with Crippen molar-refractivity contribution in [3.05, 3.63) is 81.4 Å². The van der Waals surface area contributed by atoms with Gasteiger partial charge in [0, 0.05) is 34.4 Å². The third-order valence-corrected chi connectivity index (χ3v) is 6.25. The predicted octanol–water partition coefficient (Wildman–Crippen LogP) is 4.16. The van der Waals surface area contributed by atoms with Gasteiger partial charge >= 0.3 is 5.97 Å². The number of benzene rings is 2. The second kappa shape index (κ2) is 9.34. The van der Waals surface area contributed by atoms with Crippen LogP contribution in [0.3, 0.4) is 0 Å². The van der Waals surface area contributed by atoms with Crippen molar-refractivity contribution in [1.29, 1.82) is 0 Å². The normalized spacial score (nSPS) is 15.5. The van der Waals surface area contributed by atoms with Gasteiger partial charge in [0.1, 0.15) is 29.2 Å². The molecule has 2 aromatic carbocycles. The van der Waals surface area contributed by atoms with Crippen LogP contribution in [0.5, 0.6) is 17.2 Å². The zero-order chi connectivity index (χ0) is 25.4. The molecule has 4 rings (SSSR count). The maximum atomic E-state index is 14.9. The lowest BCUT2D eigenvalue weighted by molar-refractivity contribution is -0.140. The molecule has 0 aliphatic carbocycles. The van der Waals surface area contributed by atoms with E-state index in [4.69, 9.17) is 9.47 Å². The number of aromatic nitrogens is 1. The molecular formula is C26H24FNO7. The molecule has 0 saturated heterocycles. The highest BCUT2D eigenvalue weighted by atomic mass is 19.1. The SMILES string of the molecule is COC(=O)CC(c1ccccc1F)c1c(O)c(C(C)=O)cc(C2OCc3cnc(C)c(O)c32)c1O. The molecule has 3 aromatic rings. The third-order valence-electron chi connectivity index (χ3n) is 6.25. The summed E-state index contributed by atoms with van der Waals surface area (Å²) >= 11 is 0. The summed E-state index contributed by atoms with van der Waals surface area (Å²) in [6, 6.07) is 6.91. The van der Waals surface area contributed by atoms with Crippen molar-refractivity contribution in [3.63, 3.8) is 0 Å². The lowest BCUT2D eigenvalue weighted by Gasteiger charge is -2.24. The molecule has 1 aromatic heterocycles. The zero-order valence-electron chi connectivity index (χ0n) is 19.3. The Bertz CT molecular complexity index is 1340. The van der Waals surface area contributed by atoms with Crippen LogP contribution < -0.4 is 0 Å². The molecule has 8 nitrogen and oxygen atoms in total. The fraction of sp³-hybridized carbons (Fsp3) is 0.269. The van der Waals surface area contributed by atoms with E-state index in [1.54, 1.807) is 19.2 Å². The van der Waals surface area contributed by atoms with E-state index < -0.39 is 47.5 Å². The van der Waals surface area contributed by atoms with Crippen LogP contribution in [-0.2, 0) is 20.9 Å². The Morgan fingerprint density at radius 2 is 1.91 bits per heavy atom. The number of fused-ring (bicyclic) bond motifs is 1. The molecule has 2 unspecified atom stereocenters. The number of phenolic OH excluding ortho intramolecular Hbond substituents is 2. The molecule has 2 atom stereocenters. The van der Waals surface area contributed by atoms with Gasteiger partial charge in [-0.3, -0.25) is 14.6 Å². The first kappa shape index (κ1) is 24.2. The van der Waals surface area contributed by atoms with Crippen molar-refractivity contribution in [1.82, 2.24) is 4.98 Å². The number of rotatable bonds is 6. The highest BCUT2D eigenvalue weighted by Gasteiger charge is 2.36. The first-order valence-electron chi connectivity index (χ1n) is 10.9. The van der Waals surface area contributed by atoms with Crippen LogP contribution in [0.2, 0.25) is 0 Å². The summed E-state index contributed by atoms with van der Waals surface area (Å²) < 4.78 is 25.5. The largest absolute Gasteiger partial charge is 0.507 e. The van der Waals surface area contributed by atoms with Gasteiger partial charge in [0.2, 0.25) is 0 Å². The van der Waals surface area contributed by atoms with Crippen LogP contribution in [0.15, 0.2) is 36.5 Å².